The van der Waals surface area contributed by atoms with Gasteiger partial charge in [-0.05, 0) is 42.8 Å². The van der Waals surface area contributed by atoms with Crippen LogP contribution in [0.1, 0.15) is 47.1 Å². The molecule has 0 atom stereocenters. The van der Waals surface area contributed by atoms with Gasteiger partial charge in [-0.3, -0.25) is 0 Å². The zero-order valence-corrected chi connectivity index (χ0v) is 17.9. The smallest absolute Gasteiger partial charge is 0.335 e. The third kappa shape index (κ3) is 4.09. The molecule has 0 fully saturated rings. The molecule has 4 rings (SSSR count). The summed E-state index contributed by atoms with van der Waals surface area (Å²) in [4.78, 5) is 20.7. The van der Waals surface area contributed by atoms with Crippen LogP contribution in [0.3, 0.4) is 0 Å². The first-order chi connectivity index (χ1) is 15.0. The Morgan fingerprint density at radius 2 is 1.87 bits per heavy atom. The van der Waals surface area contributed by atoms with Crippen molar-refractivity contribution in [1.29, 1.82) is 0 Å². The molecule has 7 nitrogen and oxygen atoms in total. The number of aryl methyl sites for hydroxylation is 1. The van der Waals surface area contributed by atoms with Crippen LogP contribution >= 0.6 is 0 Å². The summed E-state index contributed by atoms with van der Waals surface area (Å²) >= 11 is 0. The maximum Gasteiger partial charge on any atom is 0.335 e. The lowest BCUT2D eigenvalue weighted by Gasteiger charge is -2.12. The van der Waals surface area contributed by atoms with Gasteiger partial charge in [0.2, 0.25) is 0 Å². The van der Waals surface area contributed by atoms with Crippen LogP contribution in [0.15, 0.2) is 42.5 Å². The molecule has 0 saturated heterocycles. The van der Waals surface area contributed by atoms with Crippen molar-refractivity contribution in [2.75, 3.05) is 12.8 Å². The number of nitrogen functional groups attached to an aromatic ring is 1. The molecule has 0 aliphatic heterocycles. The molecule has 2 aromatic carbocycles. The van der Waals surface area contributed by atoms with E-state index in [1.54, 1.807) is 12.1 Å². The molecule has 0 amide bonds. The standard InChI is InChI=1S/C24H27N5O2/c1-3-4-5-20-28-21-22(29(20)14-16-8-6-15(7-9-16)13-26-2)18-11-10-17(24(30)31)12-19(18)27-23(21)25/h6-12,26H,3-5,13-14H2,1-2H3,(H2,25,27)(H,30,31). The molecule has 31 heavy (non-hydrogen) atoms. The summed E-state index contributed by atoms with van der Waals surface area (Å²) < 4.78 is 2.21. The fourth-order valence-electron chi connectivity index (χ4n) is 3.94. The molecule has 0 aliphatic rings. The number of aromatic nitrogens is 3. The third-order valence-corrected chi connectivity index (χ3v) is 5.53. The Hall–Kier alpha value is -3.45. The van der Waals surface area contributed by atoms with Gasteiger partial charge in [-0.25, -0.2) is 14.8 Å². The molecular weight excluding hydrogens is 390 g/mol. The van der Waals surface area contributed by atoms with Gasteiger partial charge in [-0.2, -0.15) is 0 Å². The van der Waals surface area contributed by atoms with Crippen molar-refractivity contribution in [2.24, 2.45) is 0 Å². The zero-order valence-electron chi connectivity index (χ0n) is 17.9. The van der Waals surface area contributed by atoms with Crippen LogP contribution in [0.4, 0.5) is 5.82 Å². The van der Waals surface area contributed by atoms with E-state index in [1.165, 1.54) is 11.1 Å². The Balaban J connectivity index is 1.89. The Morgan fingerprint density at radius 3 is 2.55 bits per heavy atom. The number of nitrogens with two attached hydrogens (primary N) is 1. The van der Waals surface area contributed by atoms with Gasteiger partial charge in [0.15, 0.2) is 5.82 Å². The molecule has 2 aromatic heterocycles. The first kappa shape index (κ1) is 20.8. The van der Waals surface area contributed by atoms with Crippen molar-refractivity contribution in [2.45, 2.75) is 39.3 Å². The van der Waals surface area contributed by atoms with Crippen molar-refractivity contribution in [3.05, 3.63) is 65.0 Å². The number of carboxylic acid groups (broad SMARTS) is 1. The van der Waals surface area contributed by atoms with Crippen LogP contribution < -0.4 is 11.1 Å². The maximum absolute atomic E-state index is 11.4. The highest BCUT2D eigenvalue weighted by atomic mass is 16.4. The van der Waals surface area contributed by atoms with E-state index < -0.39 is 5.97 Å². The number of carboxylic acids is 1. The van der Waals surface area contributed by atoms with Crippen molar-refractivity contribution < 1.29 is 9.90 Å². The normalized spacial score (nSPS) is 11.4. The number of benzene rings is 2. The van der Waals surface area contributed by atoms with Crippen LogP contribution in [0, 0.1) is 0 Å². The van der Waals surface area contributed by atoms with Crippen molar-refractivity contribution in [3.8, 4) is 0 Å². The highest BCUT2D eigenvalue weighted by molar-refractivity contribution is 6.08. The zero-order chi connectivity index (χ0) is 22.0. The number of nitrogens with zero attached hydrogens (tertiary/aromatic N) is 3. The van der Waals surface area contributed by atoms with Crippen molar-refractivity contribution in [1.82, 2.24) is 19.9 Å². The summed E-state index contributed by atoms with van der Waals surface area (Å²) in [5.74, 6) is 0.312. The lowest BCUT2D eigenvalue weighted by Crippen LogP contribution is -2.07. The first-order valence-electron chi connectivity index (χ1n) is 10.6. The molecule has 0 bridgehead atoms. The van der Waals surface area contributed by atoms with Crippen molar-refractivity contribution >= 4 is 33.7 Å². The number of hydrogen-bond acceptors (Lipinski definition) is 5. The van der Waals surface area contributed by atoms with E-state index in [9.17, 15) is 9.90 Å². The van der Waals surface area contributed by atoms with Gasteiger partial charge in [0, 0.05) is 24.9 Å². The molecule has 2 heterocycles. The number of fused-ring (bicyclic) bond motifs is 3. The van der Waals surface area contributed by atoms with Gasteiger partial charge in [-0.1, -0.05) is 37.6 Å². The maximum atomic E-state index is 11.4. The summed E-state index contributed by atoms with van der Waals surface area (Å²) in [6.07, 6.45) is 2.94. The minimum atomic E-state index is -0.985. The molecule has 7 heteroatoms. The quantitative estimate of drug-likeness (QED) is 0.400. The summed E-state index contributed by atoms with van der Waals surface area (Å²) in [5, 5.41) is 13.4. The molecular formula is C24H27N5O2. The summed E-state index contributed by atoms with van der Waals surface area (Å²) in [5.41, 5.74) is 11.0. The van der Waals surface area contributed by atoms with E-state index >= 15 is 0 Å². The van der Waals surface area contributed by atoms with E-state index in [1.807, 2.05) is 13.1 Å². The first-order valence-corrected chi connectivity index (χ1v) is 10.6. The topological polar surface area (TPSA) is 106 Å². The number of carbonyl (C=O) groups is 1. The third-order valence-electron chi connectivity index (χ3n) is 5.53. The minimum absolute atomic E-state index is 0.191. The lowest BCUT2D eigenvalue weighted by molar-refractivity contribution is 0.0697. The fourth-order valence-corrected chi connectivity index (χ4v) is 3.94. The average molecular weight is 418 g/mol. The van der Waals surface area contributed by atoms with Crippen LogP contribution in [0.25, 0.3) is 21.9 Å². The monoisotopic (exact) mass is 417 g/mol. The highest BCUT2D eigenvalue weighted by Crippen LogP contribution is 2.30. The van der Waals surface area contributed by atoms with Crippen LogP contribution in [-0.4, -0.2) is 32.7 Å². The van der Waals surface area contributed by atoms with Gasteiger partial charge in [0.1, 0.15) is 11.3 Å². The number of nitrogens with one attached hydrogen (secondary N) is 1. The van der Waals surface area contributed by atoms with Gasteiger partial charge in [0.25, 0.3) is 0 Å². The molecule has 4 N–H and O–H groups in total. The molecule has 0 spiro atoms. The van der Waals surface area contributed by atoms with Gasteiger partial charge in [-0.15, -0.1) is 0 Å². The van der Waals surface area contributed by atoms with Crippen LogP contribution in [0.5, 0.6) is 0 Å². The molecule has 160 valence electrons. The van der Waals surface area contributed by atoms with E-state index in [-0.39, 0.29) is 5.56 Å². The fraction of sp³-hybridized carbons (Fsp3) is 0.292. The number of hydrogen-bond donors (Lipinski definition) is 3. The number of unbranched alkanes of at least 4 members (excludes halogenated alkanes) is 1. The summed E-state index contributed by atoms with van der Waals surface area (Å²) in [7, 11) is 1.94. The molecule has 0 unspecified atom stereocenters. The number of rotatable bonds is 8. The SMILES string of the molecule is CCCCc1nc2c(N)nc3cc(C(=O)O)ccc3c2n1Cc1ccc(CNC)cc1. The Kier molecular flexibility index (Phi) is 5.86. The minimum Gasteiger partial charge on any atom is -0.478 e. The number of aromatic carboxylic acids is 1. The molecule has 4 aromatic rings. The van der Waals surface area contributed by atoms with E-state index in [4.69, 9.17) is 10.7 Å². The highest BCUT2D eigenvalue weighted by Gasteiger charge is 2.18. The molecule has 0 saturated carbocycles. The van der Waals surface area contributed by atoms with Crippen molar-refractivity contribution in [3.63, 3.8) is 0 Å². The predicted octanol–water partition coefficient (Wildman–Crippen LogP) is 3.98. The summed E-state index contributed by atoms with van der Waals surface area (Å²) in [6, 6.07) is 13.5. The molecule has 0 radical (unpaired) electrons. The number of anilines is 1. The lowest BCUT2D eigenvalue weighted by atomic mass is 10.1. The van der Waals surface area contributed by atoms with E-state index in [2.05, 4.69) is 46.1 Å². The predicted molar refractivity (Wildman–Crippen MR) is 123 cm³/mol. The number of imidazole rings is 1. The van der Waals surface area contributed by atoms with Crippen LogP contribution in [-0.2, 0) is 19.5 Å². The second kappa shape index (κ2) is 8.73. The van der Waals surface area contributed by atoms with E-state index in [0.717, 1.165) is 42.5 Å². The number of pyridine rings is 1. The van der Waals surface area contributed by atoms with Gasteiger partial charge >= 0.3 is 5.97 Å². The Morgan fingerprint density at radius 1 is 1.13 bits per heavy atom. The summed E-state index contributed by atoms with van der Waals surface area (Å²) in [6.45, 7) is 3.65. The van der Waals surface area contributed by atoms with E-state index in [0.29, 0.717) is 23.4 Å². The van der Waals surface area contributed by atoms with Gasteiger partial charge < -0.3 is 20.7 Å². The molecule has 0 aliphatic carbocycles. The second-order valence-corrected chi connectivity index (χ2v) is 7.80. The Labute approximate surface area is 180 Å². The van der Waals surface area contributed by atoms with Gasteiger partial charge in [0.05, 0.1) is 16.6 Å². The average Bonchev–Trinajstić information content (AvgIpc) is 3.12. The van der Waals surface area contributed by atoms with Crippen LogP contribution in [0.2, 0.25) is 0 Å². The second-order valence-electron chi connectivity index (χ2n) is 7.80. The Bertz CT molecular complexity index is 1240. The largest absolute Gasteiger partial charge is 0.478 e.